The lowest BCUT2D eigenvalue weighted by molar-refractivity contribution is -0.155. The van der Waals surface area contributed by atoms with Crippen molar-refractivity contribution in [2.24, 2.45) is 5.16 Å². The van der Waals surface area contributed by atoms with Crippen molar-refractivity contribution in [3.8, 4) is 11.1 Å². The maximum atomic E-state index is 13.8. The van der Waals surface area contributed by atoms with Gasteiger partial charge >= 0.3 is 12.1 Å². The Hall–Kier alpha value is -4.74. The monoisotopic (exact) mass is 619 g/mol. The number of alkyl carbamates (subject to hydrolysis) is 1. The van der Waals surface area contributed by atoms with Crippen molar-refractivity contribution in [1.82, 2.24) is 20.4 Å². The fraction of sp³-hybridized carbons (Fsp3) is 0.455. The molecule has 1 N–H and O–H groups in total. The van der Waals surface area contributed by atoms with E-state index in [2.05, 4.69) is 20.6 Å². The first-order valence-electron chi connectivity index (χ1n) is 14.8. The second-order valence-corrected chi connectivity index (χ2v) is 12.8. The number of nitrogens with one attached hydrogen (secondary N) is 1. The molecular weight excluding hydrogens is 578 g/mol. The van der Waals surface area contributed by atoms with Gasteiger partial charge in [0.15, 0.2) is 5.82 Å². The summed E-state index contributed by atoms with van der Waals surface area (Å²) in [6.45, 7) is 10.8. The molecule has 240 valence electrons. The summed E-state index contributed by atoms with van der Waals surface area (Å²) in [7, 11) is 1.44. The Labute approximate surface area is 263 Å². The fourth-order valence-corrected chi connectivity index (χ4v) is 4.83. The number of hydrogen-bond acceptors (Lipinski definition) is 10. The summed E-state index contributed by atoms with van der Waals surface area (Å²) in [5.41, 5.74) is 1.75. The van der Waals surface area contributed by atoms with Gasteiger partial charge in [0, 0.05) is 18.4 Å². The minimum Gasteiger partial charge on any atom is -0.460 e. The highest BCUT2D eigenvalue weighted by Gasteiger charge is 2.39. The number of aromatic nitrogens is 2. The van der Waals surface area contributed by atoms with Gasteiger partial charge in [0.05, 0.1) is 12.3 Å². The van der Waals surface area contributed by atoms with Crippen molar-refractivity contribution in [1.29, 1.82) is 0 Å². The van der Waals surface area contributed by atoms with Crippen LogP contribution in [0, 0.1) is 0 Å². The lowest BCUT2D eigenvalue weighted by Gasteiger charge is -2.23. The summed E-state index contributed by atoms with van der Waals surface area (Å²) in [5.74, 6) is -0.380. The van der Waals surface area contributed by atoms with Crippen LogP contribution in [0.3, 0.4) is 0 Å². The number of nitrogens with zero attached hydrogens (tertiary/aromatic N) is 4. The summed E-state index contributed by atoms with van der Waals surface area (Å²) in [5, 5.41) is 11.0. The van der Waals surface area contributed by atoms with Crippen molar-refractivity contribution in [3.63, 3.8) is 0 Å². The smallest absolute Gasteiger partial charge is 0.408 e. The van der Waals surface area contributed by atoms with Gasteiger partial charge in [0.2, 0.25) is 5.89 Å². The number of oxime groups is 1. The highest BCUT2D eigenvalue weighted by atomic mass is 16.6. The van der Waals surface area contributed by atoms with Gasteiger partial charge in [-0.05, 0) is 71.2 Å². The number of rotatable bonds is 9. The van der Waals surface area contributed by atoms with Gasteiger partial charge < -0.3 is 29.1 Å². The molecule has 0 saturated carbocycles. The molecule has 1 fully saturated rings. The third kappa shape index (κ3) is 9.37. The van der Waals surface area contributed by atoms with Gasteiger partial charge in [0.25, 0.3) is 5.91 Å². The van der Waals surface area contributed by atoms with E-state index in [-0.39, 0.29) is 37.0 Å². The molecule has 2 aromatic carbocycles. The van der Waals surface area contributed by atoms with Crippen LogP contribution in [0.2, 0.25) is 0 Å². The number of esters is 1. The van der Waals surface area contributed by atoms with Crippen LogP contribution in [0.5, 0.6) is 0 Å². The zero-order valence-corrected chi connectivity index (χ0v) is 26.8. The summed E-state index contributed by atoms with van der Waals surface area (Å²) in [6.07, 6.45) is -0.286. The Morgan fingerprint density at radius 1 is 0.978 bits per heavy atom. The molecule has 12 heteroatoms. The van der Waals surface area contributed by atoms with Gasteiger partial charge in [-0.2, -0.15) is 4.98 Å². The Balaban J connectivity index is 1.57. The first-order valence-corrected chi connectivity index (χ1v) is 14.8. The van der Waals surface area contributed by atoms with Gasteiger partial charge in [-0.3, -0.25) is 9.59 Å². The van der Waals surface area contributed by atoms with Crippen molar-refractivity contribution < 1.29 is 33.2 Å². The van der Waals surface area contributed by atoms with E-state index in [9.17, 15) is 14.4 Å². The maximum Gasteiger partial charge on any atom is 0.408 e. The highest BCUT2D eigenvalue weighted by molar-refractivity contribution is 6.00. The molecule has 4 rings (SSSR count). The van der Waals surface area contributed by atoms with E-state index in [1.807, 2.05) is 42.5 Å². The molecule has 0 aliphatic carbocycles. The largest absolute Gasteiger partial charge is 0.460 e. The topological polar surface area (TPSA) is 145 Å². The van der Waals surface area contributed by atoms with Crippen LogP contribution in [0.15, 0.2) is 64.3 Å². The summed E-state index contributed by atoms with van der Waals surface area (Å²) in [4.78, 5) is 50.1. The molecule has 1 aliphatic rings. The highest BCUT2D eigenvalue weighted by Crippen LogP contribution is 2.32. The summed E-state index contributed by atoms with van der Waals surface area (Å²) in [6, 6.07) is 15.8. The van der Waals surface area contributed by atoms with Gasteiger partial charge in [-0.1, -0.05) is 52.8 Å². The Kier molecular flexibility index (Phi) is 10.3. The second-order valence-electron chi connectivity index (χ2n) is 12.8. The average molecular weight is 620 g/mol. The molecule has 1 aliphatic heterocycles. The Bertz CT molecular complexity index is 1500. The van der Waals surface area contributed by atoms with E-state index < -0.39 is 35.3 Å². The van der Waals surface area contributed by atoms with Crippen molar-refractivity contribution in [2.75, 3.05) is 13.7 Å². The molecule has 0 unspecified atom stereocenters. The van der Waals surface area contributed by atoms with E-state index in [4.69, 9.17) is 18.8 Å². The molecule has 45 heavy (non-hydrogen) atoms. The second kappa shape index (κ2) is 13.9. The zero-order chi connectivity index (χ0) is 32.8. The number of hydrogen-bond donors (Lipinski definition) is 1. The van der Waals surface area contributed by atoms with E-state index in [1.54, 1.807) is 58.6 Å². The number of likely N-dealkylation sites (tertiary alicyclic amines) is 1. The minimum atomic E-state index is -0.850. The molecule has 2 heterocycles. The number of carbonyl (C=O) groups is 3. The molecule has 0 spiro atoms. The van der Waals surface area contributed by atoms with E-state index in [0.29, 0.717) is 17.7 Å². The van der Waals surface area contributed by atoms with Crippen LogP contribution in [0.25, 0.3) is 11.1 Å². The van der Waals surface area contributed by atoms with Crippen molar-refractivity contribution in [3.05, 3.63) is 71.9 Å². The van der Waals surface area contributed by atoms with Crippen LogP contribution in [-0.4, -0.2) is 63.6 Å². The normalized spacial score (nSPS) is 16.7. The number of benzene rings is 2. The van der Waals surface area contributed by atoms with E-state index in [0.717, 1.165) is 11.1 Å². The van der Waals surface area contributed by atoms with Gasteiger partial charge in [-0.15, -0.1) is 0 Å². The molecule has 3 aromatic rings. The number of carbonyl (C=O) groups excluding carboxylic acids is 3. The molecule has 2 amide bonds. The molecule has 0 radical (unpaired) electrons. The number of ether oxygens (including phenoxy) is 2. The SMILES string of the molecule is CON=C1C[C@@H](c2noc([C@H](CCC(=O)OC(C)(C)C)NC(=O)OC(C)(C)C)n2)N(C(=O)c2ccc(-c3ccccc3)cc2)C1. The van der Waals surface area contributed by atoms with Crippen LogP contribution in [-0.2, 0) is 19.1 Å². The number of amides is 2. The van der Waals surface area contributed by atoms with E-state index in [1.165, 1.54) is 7.11 Å². The van der Waals surface area contributed by atoms with E-state index >= 15 is 0 Å². The Morgan fingerprint density at radius 2 is 1.62 bits per heavy atom. The minimum absolute atomic E-state index is 0.0207. The molecule has 0 bridgehead atoms. The first kappa shape index (κ1) is 33.2. The molecule has 1 aromatic heterocycles. The van der Waals surface area contributed by atoms with Crippen LogP contribution in [0.4, 0.5) is 4.79 Å². The predicted molar refractivity (Wildman–Crippen MR) is 166 cm³/mol. The van der Waals surface area contributed by atoms with Crippen molar-refractivity contribution in [2.45, 2.75) is 84.1 Å². The van der Waals surface area contributed by atoms with Crippen LogP contribution in [0.1, 0.15) is 95.0 Å². The average Bonchev–Trinajstić information content (AvgIpc) is 3.61. The van der Waals surface area contributed by atoms with Crippen LogP contribution >= 0.6 is 0 Å². The fourth-order valence-electron chi connectivity index (χ4n) is 4.83. The summed E-state index contributed by atoms with van der Waals surface area (Å²) < 4.78 is 16.5. The van der Waals surface area contributed by atoms with Crippen LogP contribution < -0.4 is 5.32 Å². The quantitative estimate of drug-likeness (QED) is 0.225. The predicted octanol–water partition coefficient (Wildman–Crippen LogP) is 6.01. The maximum absolute atomic E-state index is 13.8. The molecule has 12 nitrogen and oxygen atoms in total. The zero-order valence-electron chi connectivity index (χ0n) is 26.8. The lowest BCUT2D eigenvalue weighted by Crippen LogP contribution is -2.35. The summed E-state index contributed by atoms with van der Waals surface area (Å²) >= 11 is 0. The van der Waals surface area contributed by atoms with Gasteiger partial charge in [-0.25, -0.2) is 4.79 Å². The molecular formula is C33H41N5O7. The third-order valence-corrected chi connectivity index (χ3v) is 6.68. The standard InChI is InChI=1S/C33H41N5O7/c1-32(2,3)43-27(39)18-17-25(34-31(41)44-33(4,5)6)29-35-28(37-45-29)26-19-24(36-42-7)20-38(26)30(40)23-15-13-22(14-16-23)21-11-9-8-10-12-21/h8-16,25-26H,17-20H2,1-7H3,(H,34,41)/t25-,26-/m0/s1. The van der Waals surface area contributed by atoms with Gasteiger partial charge in [0.1, 0.15) is 30.4 Å². The third-order valence-electron chi connectivity index (χ3n) is 6.68. The molecule has 1 saturated heterocycles. The first-order chi connectivity index (χ1) is 21.2. The van der Waals surface area contributed by atoms with Crippen molar-refractivity contribution >= 4 is 23.7 Å². The molecule has 2 atom stereocenters. The lowest BCUT2D eigenvalue weighted by atomic mass is 10.0. The Morgan fingerprint density at radius 3 is 2.24 bits per heavy atom.